The maximum absolute atomic E-state index is 15.4. The average Bonchev–Trinajstić information content (AvgIpc) is 1.28. The summed E-state index contributed by atoms with van der Waals surface area (Å²) in [6.07, 6.45) is 14.9. The van der Waals surface area contributed by atoms with E-state index in [9.17, 15) is 26.3 Å². The van der Waals surface area contributed by atoms with Crippen LogP contribution in [0.15, 0.2) is 0 Å². The molecule has 0 aromatic heterocycles. The Labute approximate surface area is 608 Å². The van der Waals surface area contributed by atoms with Crippen LogP contribution in [0.1, 0.15) is 414 Å². The van der Waals surface area contributed by atoms with Gasteiger partial charge in [0, 0.05) is 16.2 Å². The van der Waals surface area contributed by atoms with E-state index < -0.39 is 45.4 Å². The van der Waals surface area contributed by atoms with E-state index in [4.69, 9.17) is 0 Å². The highest BCUT2D eigenvalue weighted by molar-refractivity contribution is 5.03. The molecular formula is C89H184F8. The van der Waals surface area contributed by atoms with Crippen molar-refractivity contribution in [3.05, 3.63) is 0 Å². The van der Waals surface area contributed by atoms with Gasteiger partial charge < -0.3 is 0 Å². The van der Waals surface area contributed by atoms with Crippen LogP contribution in [0.5, 0.6) is 0 Å². The van der Waals surface area contributed by atoms with Crippen molar-refractivity contribution in [1.82, 2.24) is 0 Å². The number of hydrogen-bond acceptors (Lipinski definition) is 0. The predicted molar refractivity (Wildman–Crippen MR) is 427 cm³/mol. The van der Waals surface area contributed by atoms with E-state index in [1.54, 1.807) is 41.5 Å². The summed E-state index contributed by atoms with van der Waals surface area (Å²) in [5.74, 6) is 4.10. The predicted octanol–water partition coefficient (Wildman–Crippen LogP) is 33.1. The first-order chi connectivity index (χ1) is 43.4. The number of hydrogen-bond donors (Lipinski definition) is 0. The summed E-state index contributed by atoms with van der Waals surface area (Å²) in [6, 6.07) is 0. The zero-order chi connectivity index (χ0) is 79.6. The fourth-order valence-electron chi connectivity index (χ4n) is 16.9. The van der Waals surface area contributed by atoms with Gasteiger partial charge in [0.2, 0.25) is 0 Å². The van der Waals surface area contributed by atoms with Gasteiger partial charge in [-0.2, -0.15) is 0 Å². The average molecular weight is 1410 g/mol. The van der Waals surface area contributed by atoms with E-state index in [0.29, 0.717) is 35.5 Å². The molecular weight excluding hydrogens is 1220 g/mol. The van der Waals surface area contributed by atoms with Crippen LogP contribution in [0, 0.1) is 117 Å². The minimum absolute atomic E-state index is 0.0994. The van der Waals surface area contributed by atoms with Gasteiger partial charge in [0.15, 0.2) is 0 Å². The van der Waals surface area contributed by atoms with Gasteiger partial charge in [0.05, 0.1) is 0 Å². The van der Waals surface area contributed by atoms with E-state index in [1.807, 2.05) is 90.0 Å². The van der Waals surface area contributed by atoms with Crippen LogP contribution in [0.3, 0.4) is 0 Å². The van der Waals surface area contributed by atoms with Crippen molar-refractivity contribution < 1.29 is 35.1 Å². The maximum atomic E-state index is 15.4. The fourth-order valence-corrected chi connectivity index (χ4v) is 16.9. The Morgan fingerprint density at radius 1 is 0.268 bits per heavy atom. The lowest BCUT2D eigenvalue weighted by Crippen LogP contribution is -2.51. The van der Waals surface area contributed by atoms with Crippen LogP contribution in [0.4, 0.5) is 35.1 Å². The van der Waals surface area contributed by atoms with Crippen molar-refractivity contribution in [3.8, 4) is 0 Å². The molecule has 1 saturated carbocycles. The zero-order valence-electron chi connectivity index (χ0n) is 74.7. The Kier molecular flexibility index (Phi) is 54.9. The van der Waals surface area contributed by atoms with Crippen molar-refractivity contribution in [1.29, 1.82) is 0 Å². The van der Waals surface area contributed by atoms with E-state index in [0.717, 1.165) is 103 Å². The van der Waals surface area contributed by atoms with Gasteiger partial charge in [0.1, 0.15) is 45.4 Å². The fraction of sp³-hybridized carbons (Fsp3) is 1.00. The van der Waals surface area contributed by atoms with Crippen molar-refractivity contribution >= 4 is 0 Å². The third-order valence-corrected chi connectivity index (χ3v) is 27.0. The minimum atomic E-state index is -1.09. The van der Waals surface area contributed by atoms with E-state index >= 15 is 8.78 Å². The smallest absolute Gasteiger partial charge is 0.118 e. The first-order valence-electron chi connectivity index (χ1n) is 40.9. The molecule has 0 amide bonds. The van der Waals surface area contributed by atoms with Gasteiger partial charge in [0.25, 0.3) is 0 Å². The van der Waals surface area contributed by atoms with Crippen LogP contribution in [-0.4, -0.2) is 45.4 Å². The summed E-state index contributed by atoms with van der Waals surface area (Å²) in [6.45, 7) is 90.5. The third-order valence-electron chi connectivity index (χ3n) is 27.0. The van der Waals surface area contributed by atoms with Gasteiger partial charge in [-0.1, -0.05) is 308 Å². The van der Waals surface area contributed by atoms with Crippen LogP contribution < -0.4 is 0 Å². The Morgan fingerprint density at radius 2 is 0.464 bits per heavy atom. The first kappa shape index (κ1) is 110. The molecule has 8 heteroatoms. The second-order valence-electron chi connectivity index (χ2n) is 36.6. The molecule has 0 heterocycles. The van der Waals surface area contributed by atoms with Crippen LogP contribution in [0.2, 0.25) is 0 Å². The quantitative estimate of drug-likeness (QED) is 0.0589. The van der Waals surface area contributed by atoms with Crippen LogP contribution in [-0.2, 0) is 0 Å². The molecule has 0 nitrogen and oxygen atoms in total. The summed E-state index contributed by atoms with van der Waals surface area (Å²) in [4.78, 5) is 0. The molecule has 97 heavy (non-hydrogen) atoms. The largest absolute Gasteiger partial charge is 0.244 e. The van der Waals surface area contributed by atoms with Crippen LogP contribution >= 0.6 is 0 Å². The lowest BCUT2D eigenvalue weighted by Gasteiger charge is -2.51. The normalized spacial score (nSPS) is 16.3. The Bertz CT molecular complexity index is 1730. The molecule has 0 bridgehead atoms. The monoisotopic (exact) mass is 1410 g/mol. The maximum Gasteiger partial charge on any atom is 0.118 e. The highest BCUT2D eigenvalue weighted by Gasteiger charge is 2.54. The van der Waals surface area contributed by atoms with E-state index in [2.05, 4.69) is 180 Å². The summed E-state index contributed by atoms with van der Waals surface area (Å²) < 4.78 is 113. The van der Waals surface area contributed by atoms with E-state index in [-0.39, 0.29) is 81.3 Å². The molecule has 0 aromatic carbocycles. The molecule has 0 unspecified atom stereocenters. The third kappa shape index (κ3) is 34.5. The van der Waals surface area contributed by atoms with Crippen molar-refractivity contribution in [3.63, 3.8) is 0 Å². The molecule has 0 spiro atoms. The van der Waals surface area contributed by atoms with Gasteiger partial charge in [-0.3, -0.25) is 0 Å². The first-order valence-corrected chi connectivity index (χ1v) is 40.9. The number of rotatable bonds is 32. The number of halogens is 8. The Morgan fingerprint density at radius 3 is 0.567 bits per heavy atom. The summed E-state index contributed by atoms with van der Waals surface area (Å²) >= 11 is 0. The summed E-state index contributed by atoms with van der Waals surface area (Å²) in [5, 5.41) is 0. The summed E-state index contributed by atoms with van der Waals surface area (Å²) in [7, 11) is 0. The second-order valence-corrected chi connectivity index (χ2v) is 36.6. The van der Waals surface area contributed by atoms with Gasteiger partial charge in [-0.25, -0.2) is 35.1 Å². The lowest BCUT2D eigenvalue weighted by molar-refractivity contribution is -0.0946. The lowest BCUT2D eigenvalue weighted by atomic mass is 9.57. The minimum Gasteiger partial charge on any atom is -0.244 e. The molecule has 0 radical (unpaired) electrons. The van der Waals surface area contributed by atoms with Gasteiger partial charge in [-0.05, 0) is 207 Å². The SMILES string of the molecule is CC(C)C(C(C)C)C(C)(F)C(C(C)C)C(C)C.CC(C)C(C(C)C)[C@@](C)(F)C(C)C.CC(C)C(C)(F)C(C)C.CC1(F)CCCC1.CCC(C)(CC)C(C)(F)C(C)(CC)CC.CCC(C)(CC)[C@@](C)(F)C(C)C.CCC(CC)C(C)(F)C(CC)CC.CCC(CC)[C@@](C)(F)C(C)C. The molecule has 0 aromatic rings. The molecule has 1 fully saturated rings. The molecule has 0 aliphatic heterocycles. The molecule has 3 atom stereocenters. The van der Waals surface area contributed by atoms with Gasteiger partial charge >= 0.3 is 0 Å². The topological polar surface area (TPSA) is 0 Å². The number of alkyl halides is 8. The van der Waals surface area contributed by atoms with Crippen LogP contribution in [0.25, 0.3) is 0 Å². The van der Waals surface area contributed by atoms with Gasteiger partial charge in [-0.15, -0.1) is 0 Å². The highest BCUT2D eigenvalue weighted by Crippen LogP contribution is 2.54. The van der Waals surface area contributed by atoms with Crippen molar-refractivity contribution in [2.45, 2.75) is 460 Å². The highest BCUT2D eigenvalue weighted by atomic mass is 19.2. The molecule has 1 aliphatic carbocycles. The molecule has 0 saturated heterocycles. The summed E-state index contributed by atoms with van der Waals surface area (Å²) in [5.41, 5.74) is -8.57. The van der Waals surface area contributed by atoms with E-state index in [1.165, 1.54) is 0 Å². The zero-order valence-corrected chi connectivity index (χ0v) is 74.7. The molecule has 1 rings (SSSR count). The van der Waals surface area contributed by atoms with Crippen molar-refractivity contribution in [2.24, 2.45) is 117 Å². The molecule has 0 N–H and O–H groups in total. The standard InChI is InChI=1S/C16H33F.C14H29F.2C12H25F.C11H23F.C10H21F.C8H17F.C6H11F/c1-10(2)14(11(3)4)16(9,17)15(12(5)6)13(7)8;1-8-12(5,9-2)14(7,15)13(6,10-3)11-4;1-8(2)11(9(3)4)12(7,13)10(5)6;1-6-10(7-2)12(5,13)11(8-3)9-4;1-7-10(5,8-2)11(6,12)9(3)4;1-6-9(7-2)10(5,11)8(3)4;1-6(2)8(5,9)7(3)4;1-6(7)4-2-3-5-6/h10-15H,1-9H3;8-11H2,1-7H3;8-11H,1-7H3;10-11H,6-9H2,1-5H3;9H,7-8H2,1-6H3;8-9H,6-7H2,1-5H3;6-7H,1-5H3;2-5H2,1H3/t;;12-;;11-;10-;;/m..0.00../s1. The Hall–Kier alpha value is -0.560. The molecule has 596 valence electrons. The molecule has 1 aliphatic rings. The van der Waals surface area contributed by atoms with Crippen molar-refractivity contribution in [2.75, 3.05) is 0 Å². The Balaban J connectivity index is -0.000000193. The second kappa shape index (κ2) is 48.5.